The fourth-order valence-electron chi connectivity index (χ4n) is 2.69. The second kappa shape index (κ2) is 7.00. The maximum absolute atomic E-state index is 12.8. The second-order valence-corrected chi connectivity index (χ2v) is 9.88. The monoisotopic (exact) mass is 377 g/mol. The Morgan fingerprint density at radius 3 is 2.50 bits per heavy atom. The molecule has 1 aliphatic carbocycles. The molecule has 1 unspecified atom stereocenters. The number of amides is 2. The van der Waals surface area contributed by atoms with E-state index in [0.29, 0.717) is 0 Å². The Hall–Kier alpha value is -2.53. The van der Waals surface area contributed by atoms with E-state index >= 15 is 0 Å². The van der Waals surface area contributed by atoms with Crippen LogP contribution in [0.4, 0.5) is 10.5 Å². The summed E-state index contributed by atoms with van der Waals surface area (Å²) in [5.74, 6) is -0.632. The Labute approximate surface area is 153 Å². The zero-order valence-electron chi connectivity index (χ0n) is 15.3. The first-order valence-corrected chi connectivity index (χ1v) is 9.72. The van der Waals surface area contributed by atoms with Gasteiger partial charge >= 0.3 is 6.03 Å². The Kier molecular flexibility index (Phi) is 5.33. The molecule has 2 amide bonds. The highest BCUT2D eigenvalue weighted by molar-refractivity contribution is 7.93. The van der Waals surface area contributed by atoms with Crippen LogP contribution in [0.25, 0.3) is 0 Å². The molecule has 1 aliphatic rings. The van der Waals surface area contributed by atoms with Crippen LogP contribution >= 0.6 is 0 Å². The molecule has 0 saturated heterocycles. The van der Waals surface area contributed by atoms with Gasteiger partial charge in [0.25, 0.3) is 0 Å². The SMILES string of the molecule is CC1=CCCC1NC(=O)Nc1ccc(C#N)c(S(=O)(=O)C(C)(C)C)c1O. The number of carbonyl (C=O) groups excluding carboxylic acids is 1. The number of allylic oxidation sites excluding steroid dienone is 1. The number of anilines is 1. The predicted molar refractivity (Wildman–Crippen MR) is 98.7 cm³/mol. The molecular formula is C18H23N3O4S. The molecule has 0 bridgehead atoms. The van der Waals surface area contributed by atoms with Crippen molar-refractivity contribution in [3.63, 3.8) is 0 Å². The van der Waals surface area contributed by atoms with Gasteiger partial charge in [0.05, 0.1) is 22.0 Å². The highest BCUT2D eigenvalue weighted by Crippen LogP contribution is 2.38. The van der Waals surface area contributed by atoms with Crippen LogP contribution in [-0.2, 0) is 9.84 Å². The lowest BCUT2D eigenvalue weighted by molar-refractivity contribution is 0.249. The molecule has 2 rings (SSSR count). The highest BCUT2D eigenvalue weighted by atomic mass is 32.2. The van der Waals surface area contributed by atoms with E-state index in [0.717, 1.165) is 18.4 Å². The Balaban J connectivity index is 2.37. The summed E-state index contributed by atoms with van der Waals surface area (Å²) in [6.45, 7) is 6.35. The summed E-state index contributed by atoms with van der Waals surface area (Å²) in [7, 11) is -3.99. The van der Waals surface area contributed by atoms with E-state index in [1.54, 1.807) is 6.07 Å². The number of hydrogen-bond donors (Lipinski definition) is 3. The smallest absolute Gasteiger partial charge is 0.319 e. The first kappa shape index (κ1) is 19.8. The Morgan fingerprint density at radius 2 is 2.00 bits per heavy atom. The molecule has 140 valence electrons. The lowest BCUT2D eigenvalue weighted by Gasteiger charge is -2.22. The zero-order valence-corrected chi connectivity index (χ0v) is 16.1. The summed E-state index contributed by atoms with van der Waals surface area (Å²) in [4.78, 5) is 11.7. The summed E-state index contributed by atoms with van der Waals surface area (Å²) >= 11 is 0. The van der Waals surface area contributed by atoms with Gasteiger partial charge in [-0.3, -0.25) is 0 Å². The average Bonchev–Trinajstić information content (AvgIpc) is 2.92. The van der Waals surface area contributed by atoms with Crippen molar-refractivity contribution in [2.45, 2.75) is 56.2 Å². The largest absolute Gasteiger partial charge is 0.504 e. The van der Waals surface area contributed by atoms with Gasteiger partial charge in [-0.25, -0.2) is 13.2 Å². The summed E-state index contributed by atoms with van der Waals surface area (Å²) in [5, 5.41) is 25.0. The van der Waals surface area contributed by atoms with Gasteiger partial charge < -0.3 is 15.7 Å². The van der Waals surface area contributed by atoms with Crippen molar-refractivity contribution < 1.29 is 18.3 Å². The molecule has 26 heavy (non-hydrogen) atoms. The van der Waals surface area contributed by atoms with Gasteiger partial charge in [-0.1, -0.05) is 11.6 Å². The van der Waals surface area contributed by atoms with Crippen molar-refractivity contribution in [3.8, 4) is 11.8 Å². The van der Waals surface area contributed by atoms with Crippen LogP contribution in [0.15, 0.2) is 28.7 Å². The van der Waals surface area contributed by atoms with E-state index in [1.807, 2.05) is 13.0 Å². The van der Waals surface area contributed by atoms with Gasteiger partial charge in [0, 0.05) is 0 Å². The number of phenolic OH excluding ortho intramolecular Hbond substituents is 1. The summed E-state index contributed by atoms with van der Waals surface area (Å²) in [6.07, 6.45) is 3.72. The van der Waals surface area contributed by atoms with Gasteiger partial charge in [-0.15, -0.1) is 0 Å². The first-order chi connectivity index (χ1) is 12.0. The lowest BCUT2D eigenvalue weighted by atomic mass is 10.1. The molecule has 1 atom stereocenters. The van der Waals surface area contributed by atoms with Crippen LogP contribution in [0.5, 0.6) is 5.75 Å². The van der Waals surface area contributed by atoms with E-state index in [1.165, 1.54) is 32.9 Å². The van der Waals surface area contributed by atoms with E-state index in [-0.39, 0.29) is 17.3 Å². The number of hydrogen-bond acceptors (Lipinski definition) is 5. The Bertz CT molecular complexity index is 906. The molecule has 8 heteroatoms. The fraction of sp³-hybridized carbons (Fsp3) is 0.444. The minimum Gasteiger partial charge on any atom is -0.504 e. The van der Waals surface area contributed by atoms with Crippen molar-refractivity contribution in [2.75, 3.05) is 5.32 Å². The second-order valence-electron chi connectivity index (χ2n) is 7.24. The summed E-state index contributed by atoms with van der Waals surface area (Å²) in [5.41, 5.74) is 0.821. The number of nitrogens with one attached hydrogen (secondary N) is 2. The first-order valence-electron chi connectivity index (χ1n) is 8.24. The minimum atomic E-state index is -3.99. The quantitative estimate of drug-likeness (QED) is 0.552. The molecule has 0 heterocycles. The minimum absolute atomic E-state index is 0.0658. The molecule has 0 aromatic heterocycles. The van der Waals surface area contributed by atoms with Gasteiger partial charge in [0.1, 0.15) is 11.0 Å². The molecule has 3 N–H and O–H groups in total. The number of carbonyl (C=O) groups is 1. The van der Waals surface area contributed by atoms with E-state index in [2.05, 4.69) is 10.6 Å². The maximum Gasteiger partial charge on any atom is 0.319 e. The molecule has 0 aliphatic heterocycles. The maximum atomic E-state index is 12.8. The third-order valence-corrected chi connectivity index (χ3v) is 6.91. The predicted octanol–water partition coefficient (Wildman–Crippen LogP) is 3.07. The van der Waals surface area contributed by atoms with Gasteiger partial charge in [0.2, 0.25) is 0 Å². The number of aromatic hydroxyl groups is 1. The van der Waals surface area contributed by atoms with Gasteiger partial charge in [-0.05, 0) is 52.7 Å². The molecule has 0 spiro atoms. The number of sulfone groups is 1. The van der Waals surface area contributed by atoms with Crippen LogP contribution in [0.3, 0.4) is 0 Å². The number of benzene rings is 1. The molecule has 0 saturated carbocycles. The summed E-state index contributed by atoms with van der Waals surface area (Å²) < 4.78 is 24.3. The average molecular weight is 377 g/mol. The van der Waals surface area contributed by atoms with Crippen LogP contribution in [0, 0.1) is 11.3 Å². The topological polar surface area (TPSA) is 119 Å². The standard InChI is InChI=1S/C18H23N3O4S/c1-11-6-5-7-13(11)20-17(23)21-14-9-8-12(10-19)16(15(14)22)26(24,25)18(2,3)4/h6,8-9,13,22H,5,7H2,1-4H3,(H2,20,21,23). The molecule has 1 aromatic rings. The lowest BCUT2D eigenvalue weighted by Crippen LogP contribution is -2.37. The normalized spacial score (nSPS) is 17.3. The number of nitriles is 1. The third-order valence-electron chi connectivity index (χ3n) is 4.35. The zero-order chi connectivity index (χ0) is 19.7. The molecule has 7 nitrogen and oxygen atoms in total. The third kappa shape index (κ3) is 3.68. The summed E-state index contributed by atoms with van der Waals surface area (Å²) in [6, 6.07) is 3.73. The van der Waals surface area contributed by atoms with E-state index in [9.17, 15) is 23.6 Å². The fourth-order valence-corrected chi connectivity index (χ4v) is 4.07. The van der Waals surface area contributed by atoms with E-state index < -0.39 is 31.3 Å². The molecule has 1 aromatic carbocycles. The molecular weight excluding hydrogens is 354 g/mol. The van der Waals surface area contributed by atoms with Crippen molar-refractivity contribution in [1.82, 2.24) is 5.32 Å². The van der Waals surface area contributed by atoms with E-state index in [4.69, 9.17) is 0 Å². The van der Waals surface area contributed by atoms with Gasteiger partial charge in [-0.2, -0.15) is 5.26 Å². The molecule has 0 fully saturated rings. The number of rotatable bonds is 3. The highest BCUT2D eigenvalue weighted by Gasteiger charge is 2.36. The van der Waals surface area contributed by atoms with Crippen molar-refractivity contribution in [1.29, 1.82) is 5.26 Å². The van der Waals surface area contributed by atoms with Crippen LogP contribution in [0.1, 0.15) is 46.1 Å². The van der Waals surface area contributed by atoms with Gasteiger partial charge in [0.15, 0.2) is 15.6 Å². The Morgan fingerprint density at radius 1 is 1.35 bits per heavy atom. The van der Waals surface area contributed by atoms with Crippen molar-refractivity contribution >= 4 is 21.6 Å². The molecule has 0 radical (unpaired) electrons. The van der Waals surface area contributed by atoms with Crippen LogP contribution in [0.2, 0.25) is 0 Å². The van der Waals surface area contributed by atoms with Crippen molar-refractivity contribution in [3.05, 3.63) is 29.3 Å². The number of phenols is 1. The van der Waals surface area contributed by atoms with Crippen LogP contribution in [-0.4, -0.2) is 30.3 Å². The number of nitrogens with zero attached hydrogens (tertiary/aromatic N) is 1. The van der Waals surface area contributed by atoms with Crippen molar-refractivity contribution in [2.24, 2.45) is 0 Å². The van der Waals surface area contributed by atoms with Crippen LogP contribution < -0.4 is 10.6 Å². The number of urea groups is 1.